The van der Waals surface area contributed by atoms with Crippen LogP contribution in [0.2, 0.25) is 0 Å². The number of sulfone groups is 1. The molecule has 0 aromatic carbocycles. The van der Waals surface area contributed by atoms with Crippen LogP contribution in [0.25, 0.3) is 0 Å². The molecule has 0 aliphatic carbocycles. The van der Waals surface area contributed by atoms with Gasteiger partial charge in [-0.05, 0) is 26.7 Å². The number of rotatable bonds is 3. The summed E-state index contributed by atoms with van der Waals surface area (Å²) < 4.78 is 28.2. The van der Waals surface area contributed by atoms with Crippen molar-refractivity contribution in [3.05, 3.63) is 12.3 Å². The normalized spacial score (nSPS) is 29.2. The Balaban J connectivity index is 2.61. The standard InChI is InChI=1S/C9H16O3S/c1-3-6-12-8(2)9-5-4-7-13(9,10)11/h3,6,8-9H,4-5,7H2,1-2H3/b6-3+. The van der Waals surface area contributed by atoms with Gasteiger partial charge in [-0.3, -0.25) is 0 Å². The summed E-state index contributed by atoms with van der Waals surface area (Å²) in [6.07, 6.45) is 4.61. The van der Waals surface area contributed by atoms with Crippen molar-refractivity contribution in [2.24, 2.45) is 0 Å². The maximum atomic E-state index is 11.5. The molecule has 0 N–H and O–H groups in total. The summed E-state index contributed by atoms with van der Waals surface area (Å²) in [5.74, 6) is 0.321. The van der Waals surface area contributed by atoms with Crippen LogP contribution in [-0.4, -0.2) is 25.5 Å². The summed E-state index contributed by atoms with van der Waals surface area (Å²) >= 11 is 0. The largest absolute Gasteiger partial charge is 0.497 e. The van der Waals surface area contributed by atoms with Crippen LogP contribution in [0.5, 0.6) is 0 Å². The highest BCUT2D eigenvalue weighted by Crippen LogP contribution is 2.24. The molecule has 1 aliphatic rings. The van der Waals surface area contributed by atoms with Gasteiger partial charge in [0, 0.05) is 0 Å². The second-order valence-corrected chi connectivity index (χ2v) is 5.70. The number of ether oxygens (including phenoxy) is 1. The van der Waals surface area contributed by atoms with Crippen molar-refractivity contribution in [1.82, 2.24) is 0 Å². The maximum Gasteiger partial charge on any atom is 0.156 e. The molecular formula is C9H16O3S. The van der Waals surface area contributed by atoms with Crippen LogP contribution in [0.1, 0.15) is 26.7 Å². The van der Waals surface area contributed by atoms with Gasteiger partial charge in [0.2, 0.25) is 0 Å². The van der Waals surface area contributed by atoms with Crippen LogP contribution in [0, 0.1) is 0 Å². The van der Waals surface area contributed by atoms with E-state index in [0.717, 1.165) is 12.8 Å². The Morgan fingerprint density at radius 1 is 1.54 bits per heavy atom. The van der Waals surface area contributed by atoms with Crippen molar-refractivity contribution >= 4 is 9.84 Å². The molecule has 1 saturated heterocycles. The molecular weight excluding hydrogens is 188 g/mol. The minimum Gasteiger partial charge on any atom is -0.497 e. The van der Waals surface area contributed by atoms with Gasteiger partial charge >= 0.3 is 0 Å². The van der Waals surface area contributed by atoms with Crippen LogP contribution >= 0.6 is 0 Å². The fourth-order valence-electron chi connectivity index (χ4n) is 1.63. The van der Waals surface area contributed by atoms with E-state index < -0.39 is 9.84 Å². The fraction of sp³-hybridized carbons (Fsp3) is 0.778. The van der Waals surface area contributed by atoms with E-state index in [9.17, 15) is 8.42 Å². The Kier molecular flexibility index (Phi) is 3.36. The second-order valence-electron chi connectivity index (χ2n) is 3.36. The lowest BCUT2D eigenvalue weighted by Crippen LogP contribution is -2.29. The van der Waals surface area contributed by atoms with E-state index in [1.807, 2.05) is 13.8 Å². The highest BCUT2D eigenvalue weighted by molar-refractivity contribution is 7.92. The van der Waals surface area contributed by atoms with Crippen LogP contribution < -0.4 is 0 Å². The summed E-state index contributed by atoms with van der Waals surface area (Å²) in [6, 6.07) is 0. The van der Waals surface area contributed by atoms with Crippen molar-refractivity contribution in [3.8, 4) is 0 Å². The van der Waals surface area contributed by atoms with Gasteiger partial charge in [-0.25, -0.2) is 8.42 Å². The van der Waals surface area contributed by atoms with Crippen LogP contribution in [-0.2, 0) is 14.6 Å². The quantitative estimate of drug-likeness (QED) is 0.654. The van der Waals surface area contributed by atoms with Crippen molar-refractivity contribution in [3.63, 3.8) is 0 Å². The summed E-state index contributed by atoms with van der Waals surface area (Å²) in [5.41, 5.74) is 0. The zero-order valence-electron chi connectivity index (χ0n) is 8.06. The molecule has 0 aromatic heterocycles. The predicted molar refractivity (Wildman–Crippen MR) is 52.2 cm³/mol. The van der Waals surface area contributed by atoms with Crippen molar-refractivity contribution in [2.75, 3.05) is 5.75 Å². The summed E-state index contributed by atoms with van der Waals surface area (Å²) in [7, 11) is -2.88. The molecule has 4 heteroatoms. The Hall–Kier alpha value is -0.510. The Morgan fingerprint density at radius 2 is 2.23 bits per heavy atom. The van der Waals surface area contributed by atoms with Crippen molar-refractivity contribution in [1.29, 1.82) is 0 Å². The molecule has 76 valence electrons. The molecule has 1 heterocycles. The summed E-state index contributed by atoms with van der Waals surface area (Å²) in [4.78, 5) is 0. The summed E-state index contributed by atoms with van der Waals surface area (Å²) in [6.45, 7) is 3.66. The first-order chi connectivity index (χ1) is 6.08. The molecule has 3 nitrogen and oxygen atoms in total. The van der Waals surface area contributed by atoms with Crippen molar-refractivity contribution < 1.29 is 13.2 Å². The number of hydrogen-bond acceptors (Lipinski definition) is 3. The second kappa shape index (κ2) is 4.13. The van der Waals surface area contributed by atoms with Gasteiger partial charge in [0.05, 0.1) is 17.3 Å². The fourth-order valence-corrected chi connectivity index (χ4v) is 3.68. The topological polar surface area (TPSA) is 43.4 Å². The van der Waals surface area contributed by atoms with Gasteiger partial charge in [-0.2, -0.15) is 0 Å². The van der Waals surface area contributed by atoms with Gasteiger partial charge in [-0.1, -0.05) is 6.08 Å². The van der Waals surface area contributed by atoms with E-state index in [1.54, 1.807) is 12.3 Å². The van der Waals surface area contributed by atoms with Crippen LogP contribution in [0.4, 0.5) is 0 Å². The van der Waals surface area contributed by atoms with E-state index in [4.69, 9.17) is 4.74 Å². The molecule has 0 radical (unpaired) electrons. The number of hydrogen-bond donors (Lipinski definition) is 0. The lowest BCUT2D eigenvalue weighted by atomic mass is 10.2. The SMILES string of the molecule is C/C=C/OC(C)C1CCCS1(=O)=O. The molecule has 2 atom stereocenters. The first kappa shape index (κ1) is 10.6. The molecule has 0 aromatic rings. The number of allylic oxidation sites excluding steroid dienone is 1. The van der Waals surface area contributed by atoms with Crippen molar-refractivity contribution in [2.45, 2.75) is 38.0 Å². The van der Waals surface area contributed by atoms with E-state index in [2.05, 4.69) is 0 Å². The third kappa shape index (κ3) is 2.46. The highest BCUT2D eigenvalue weighted by Gasteiger charge is 2.36. The minimum absolute atomic E-state index is 0.219. The molecule has 1 rings (SSSR count). The molecule has 0 saturated carbocycles. The maximum absolute atomic E-state index is 11.5. The zero-order chi connectivity index (χ0) is 9.90. The average Bonchev–Trinajstić information content (AvgIpc) is 2.41. The van der Waals surface area contributed by atoms with Crippen LogP contribution in [0.3, 0.4) is 0 Å². The van der Waals surface area contributed by atoms with Gasteiger partial charge in [0.25, 0.3) is 0 Å². The zero-order valence-corrected chi connectivity index (χ0v) is 8.88. The van der Waals surface area contributed by atoms with Gasteiger partial charge in [0.1, 0.15) is 6.10 Å². The summed E-state index contributed by atoms with van der Waals surface area (Å²) in [5, 5.41) is -0.302. The average molecular weight is 204 g/mol. The van der Waals surface area contributed by atoms with Gasteiger partial charge in [-0.15, -0.1) is 0 Å². The Bertz CT molecular complexity index is 279. The smallest absolute Gasteiger partial charge is 0.156 e. The predicted octanol–water partition coefficient (Wildman–Crippen LogP) is 1.50. The van der Waals surface area contributed by atoms with Gasteiger partial charge in [0.15, 0.2) is 9.84 Å². The molecule has 13 heavy (non-hydrogen) atoms. The Morgan fingerprint density at radius 3 is 2.69 bits per heavy atom. The first-order valence-corrected chi connectivity index (χ1v) is 6.27. The minimum atomic E-state index is -2.88. The van der Waals surface area contributed by atoms with E-state index in [-0.39, 0.29) is 11.4 Å². The molecule has 0 bridgehead atoms. The molecule has 0 amide bonds. The third-order valence-electron chi connectivity index (χ3n) is 2.33. The first-order valence-electron chi connectivity index (χ1n) is 4.56. The molecule has 1 aliphatic heterocycles. The lowest BCUT2D eigenvalue weighted by Gasteiger charge is -2.17. The monoisotopic (exact) mass is 204 g/mol. The molecule has 1 fully saturated rings. The Labute approximate surface area is 79.7 Å². The molecule has 0 spiro atoms. The van der Waals surface area contributed by atoms with E-state index in [0.29, 0.717) is 5.75 Å². The van der Waals surface area contributed by atoms with Gasteiger partial charge < -0.3 is 4.74 Å². The third-order valence-corrected chi connectivity index (χ3v) is 4.73. The van der Waals surface area contributed by atoms with E-state index >= 15 is 0 Å². The highest BCUT2D eigenvalue weighted by atomic mass is 32.2. The van der Waals surface area contributed by atoms with Crippen LogP contribution in [0.15, 0.2) is 12.3 Å². The lowest BCUT2D eigenvalue weighted by molar-refractivity contribution is 0.155. The van der Waals surface area contributed by atoms with E-state index in [1.165, 1.54) is 0 Å². The molecule has 2 unspecified atom stereocenters.